The second-order valence-electron chi connectivity index (χ2n) is 5.90. The number of carbonyl (C=O) groups is 2. The van der Waals surface area contributed by atoms with Crippen LogP contribution < -0.4 is 10.6 Å². The maximum atomic E-state index is 14.2. The van der Waals surface area contributed by atoms with Gasteiger partial charge in [-0.3, -0.25) is 4.79 Å². The molecule has 1 atom stereocenters. The zero-order valence-electron chi connectivity index (χ0n) is 15.1. The Balaban J connectivity index is 2.05. The molecule has 2 aromatic carbocycles. The molecule has 1 aromatic heterocycles. The topological polar surface area (TPSA) is 80.3 Å². The summed E-state index contributed by atoms with van der Waals surface area (Å²) in [6.45, 7) is 1.06. The van der Waals surface area contributed by atoms with Crippen molar-refractivity contribution < 1.29 is 27.5 Å². The number of anilines is 1. The number of amides is 1. The predicted molar refractivity (Wildman–Crippen MR) is 103 cm³/mol. The van der Waals surface area contributed by atoms with E-state index in [0.717, 1.165) is 11.3 Å². The standard InChI is InChI=1S/C19H16F3N3O3S/c1-2-28-16(27)18(19(20,21)22,24-15(26)12-8-4-3-5-9-12)25-17-23-13-10-6-7-11-14(13)29-17/h3-11H,2H2,1H3,(H,23,25)(H,24,26)/t18-/m0/s1. The van der Waals surface area contributed by atoms with E-state index in [1.54, 1.807) is 35.6 Å². The van der Waals surface area contributed by atoms with Gasteiger partial charge in [0.15, 0.2) is 5.13 Å². The molecule has 152 valence electrons. The van der Waals surface area contributed by atoms with E-state index in [1.165, 1.54) is 31.2 Å². The van der Waals surface area contributed by atoms with Gasteiger partial charge in [-0.2, -0.15) is 13.2 Å². The number of hydrogen-bond donors (Lipinski definition) is 2. The van der Waals surface area contributed by atoms with Gasteiger partial charge in [0, 0.05) is 5.56 Å². The van der Waals surface area contributed by atoms with Crippen LogP contribution in [0.1, 0.15) is 17.3 Å². The first-order valence-corrected chi connectivity index (χ1v) is 9.34. The van der Waals surface area contributed by atoms with Crippen molar-refractivity contribution >= 4 is 38.6 Å². The number of thiazole rings is 1. The van der Waals surface area contributed by atoms with E-state index in [1.807, 2.05) is 0 Å². The fraction of sp³-hybridized carbons (Fsp3) is 0.211. The van der Waals surface area contributed by atoms with Gasteiger partial charge in [-0.25, -0.2) is 9.78 Å². The molecule has 0 unspecified atom stereocenters. The summed E-state index contributed by atoms with van der Waals surface area (Å²) in [5.41, 5.74) is -3.10. The highest BCUT2D eigenvalue weighted by Gasteiger charge is 2.64. The lowest BCUT2D eigenvalue weighted by atomic mass is 10.1. The van der Waals surface area contributed by atoms with E-state index in [0.29, 0.717) is 10.2 Å². The molecular weight excluding hydrogens is 407 g/mol. The molecular formula is C19H16F3N3O3S. The third kappa shape index (κ3) is 4.16. The van der Waals surface area contributed by atoms with Crippen molar-refractivity contribution in [1.29, 1.82) is 0 Å². The first-order chi connectivity index (χ1) is 13.8. The van der Waals surface area contributed by atoms with E-state index >= 15 is 0 Å². The highest BCUT2D eigenvalue weighted by atomic mass is 32.1. The van der Waals surface area contributed by atoms with Crippen molar-refractivity contribution in [3.8, 4) is 0 Å². The van der Waals surface area contributed by atoms with Gasteiger partial charge in [0.2, 0.25) is 0 Å². The lowest BCUT2D eigenvalue weighted by Gasteiger charge is -2.34. The van der Waals surface area contributed by atoms with Crippen LogP contribution in [-0.4, -0.2) is 35.3 Å². The number of para-hydroxylation sites is 1. The number of benzene rings is 2. The van der Waals surface area contributed by atoms with Crippen molar-refractivity contribution in [2.75, 3.05) is 11.9 Å². The molecule has 0 fully saturated rings. The van der Waals surface area contributed by atoms with Gasteiger partial charge in [-0.15, -0.1) is 0 Å². The minimum atomic E-state index is -5.22. The molecule has 0 saturated heterocycles. The first-order valence-electron chi connectivity index (χ1n) is 8.52. The number of fused-ring (bicyclic) bond motifs is 1. The summed E-state index contributed by atoms with van der Waals surface area (Å²) < 4.78 is 47.8. The fourth-order valence-electron chi connectivity index (χ4n) is 2.55. The highest BCUT2D eigenvalue weighted by molar-refractivity contribution is 7.22. The molecule has 1 amide bonds. The van der Waals surface area contributed by atoms with E-state index in [2.05, 4.69) is 15.0 Å². The van der Waals surface area contributed by atoms with E-state index in [9.17, 15) is 22.8 Å². The highest BCUT2D eigenvalue weighted by Crippen LogP contribution is 2.36. The summed E-state index contributed by atoms with van der Waals surface area (Å²) in [6, 6.07) is 14.0. The van der Waals surface area contributed by atoms with E-state index < -0.39 is 23.7 Å². The molecule has 10 heteroatoms. The number of aromatic nitrogens is 1. The number of esters is 1. The maximum Gasteiger partial charge on any atom is 0.442 e. The summed E-state index contributed by atoms with van der Waals surface area (Å²) in [5.74, 6) is -2.78. The number of nitrogens with zero attached hydrogens (tertiary/aromatic N) is 1. The van der Waals surface area contributed by atoms with Crippen molar-refractivity contribution in [2.45, 2.75) is 18.8 Å². The molecule has 0 aliphatic rings. The molecule has 0 aliphatic heterocycles. The third-order valence-electron chi connectivity index (χ3n) is 3.93. The van der Waals surface area contributed by atoms with Crippen LogP contribution in [-0.2, 0) is 9.53 Å². The largest absolute Gasteiger partial charge is 0.463 e. The van der Waals surface area contributed by atoms with Crippen molar-refractivity contribution in [3.05, 3.63) is 60.2 Å². The van der Waals surface area contributed by atoms with Crippen LogP contribution >= 0.6 is 11.3 Å². The van der Waals surface area contributed by atoms with Gasteiger partial charge in [0.05, 0.1) is 16.8 Å². The summed E-state index contributed by atoms with van der Waals surface area (Å²) in [4.78, 5) is 29.0. The molecule has 0 spiro atoms. The van der Waals surface area contributed by atoms with Crippen molar-refractivity contribution in [1.82, 2.24) is 10.3 Å². The predicted octanol–water partition coefficient (Wildman–Crippen LogP) is 3.96. The Bertz CT molecular complexity index is 990. The van der Waals surface area contributed by atoms with Gasteiger partial charge < -0.3 is 15.4 Å². The SMILES string of the molecule is CCOC(=O)[C@](NC(=O)c1ccccc1)(Nc1nc2ccccc2s1)C(F)(F)F. The number of alkyl halides is 3. The number of halogens is 3. The van der Waals surface area contributed by atoms with Crippen LogP contribution in [0.3, 0.4) is 0 Å². The minimum Gasteiger partial charge on any atom is -0.463 e. The van der Waals surface area contributed by atoms with Gasteiger partial charge >= 0.3 is 17.8 Å². The number of hydrogen-bond acceptors (Lipinski definition) is 6. The van der Waals surface area contributed by atoms with Crippen molar-refractivity contribution in [2.24, 2.45) is 0 Å². The van der Waals surface area contributed by atoms with Gasteiger partial charge in [-0.1, -0.05) is 41.7 Å². The first kappa shape index (κ1) is 20.6. The van der Waals surface area contributed by atoms with Crippen LogP contribution in [0, 0.1) is 0 Å². The Labute approximate surface area is 167 Å². The smallest absolute Gasteiger partial charge is 0.442 e. The molecule has 2 N–H and O–H groups in total. The van der Waals surface area contributed by atoms with E-state index in [4.69, 9.17) is 0 Å². The lowest BCUT2D eigenvalue weighted by molar-refractivity contribution is -0.204. The number of carbonyl (C=O) groups excluding carboxylic acids is 2. The van der Waals surface area contributed by atoms with Crippen molar-refractivity contribution in [3.63, 3.8) is 0 Å². The monoisotopic (exact) mass is 423 g/mol. The number of rotatable bonds is 6. The summed E-state index contributed by atoms with van der Waals surface area (Å²) in [5, 5.41) is 3.67. The molecule has 3 aromatic rings. The lowest BCUT2D eigenvalue weighted by Crippen LogP contribution is -2.69. The van der Waals surface area contributed by atoms with Gasteiger partial charge in [-0.05, 0) is 31.2 Å². The molecule has 6 nitrogen and oxygen atoms in total. The second kappa shape index (κ2) is 8.08. The minimum absolute atomic E-state index is 0.0449. The summed E-state index contributed by atoms with van der Waals surface area (Å²) in [6.07, 6.45) is -5.22. The molecule has 0 aliphatic carbocycles. The summed E-state index contributed by atoms with van der Waals surface area (Å²) >= 11 is 0.917. The summed E-state index contributed by atoms with van der Waals surface area (Å²) in [7, 11) is 0. The Morgan fingerprint density at radius 2 is 1.72 bits per heavy atom. The molecule has 3 rings (SSSR count). The molecule has 0 radical (unpaired) electrons. The number of nitrogens with one attached hydrogen (secondary N) is 2. The fourth-order valence-corrected chi connectivity index (χ4v) is 3.47. The molecule has 29 heavy (non-hydrogen) atoms. The normalized spacial score (nSPS) is 13.5. The Morgan fingerprint density at radius 3 is 2.34 bits per heavy atom. The zero-order chi connectivity index (χ0) is 21.1. The molecule has 0 bridgehead atoms. The van der Waals surface area contributed by atoms with Gasteiger partial charge in [0.25, 0.3) is 5.91 Å². The van der Waals surface area contributed by atoms with Crippen LogP contribution in [0.5, 0.6) is 0 Å². The molecule has 1 heterocycles. The number of ether oxygens (including phenoxy) is 1. The van der Waals surface area contributed by atoms with Crippen LogP contribution in [0.4, 0.5) is 18.3 Å². The van der Waals surface area contributed by atoms with Crippen LogP contribution in [0.2, 0.25) is 0 Å². The van der Waals surface area contributed by atoms with Crippen LogP contribution in [0.25, 0.3) is 10.2 Å². The molecule has 0 saturated carbocycles. The third-order valence-corrected chi connectivity index (χ3v) is 4.88. The second-order valence-corrected chi connectivity index (χ2v) is 6.93. The zero-order valence-corrected chi connectivity index (χ0v) is 15.9. The quantitative estimate of drug-likeness (QED) is 0.463. The van der Waals surface area contributed by atoms with Gasteiger partial charge in [0.1, 0.15) is 0 Å². The maximum absolute atomic E-state index is 14.2. The van der Waals surface area contributed by atoms with E-state index in [-0.39, 0.29) is 17.3 Å². The van der Waals surface area contributed by atoms with Crippen LogP contribution in [0.15, 0.2) is 54.6 Å². The average molecular weight is 423 g/mol. The average Bonchev–Trinajstić information content (AvgIpc) is 3.09. The Morgan fingerprint density at radius 1 is 1.07 bits per heavy atom. The Hall–Kier alpha value is -3.14. The Kier molecular flexibility index (Phi) is 5.73.